The number of carbonyl (C=O) groups is 2. The maximum atomic E-state index is 11.4. The number of hydrogen-bond acceptors (Lipinski definition) is 7. The molecule has 1 atom stereocenters. The van der Waals surface area contributed by atoms with Crippen molar-refractivity contribution in [2.75, 3.05) is 25.2 Å². The zero-order valence-electron chi connectivity index (χ0n) is 16.2. The smallest absolute Gasteiger partial charge is 0.414 e. The lowest BCUT2D eigenvalue weighted by Gasteiger charge is -2.15. The highest BCUT2D eigenvalue weighted by Crippen LogP contribution is 2.28. The zero-order valence-corrected chi connectivity index (χ0v) is 17.0. The normalized spacial score (nSPS) is 17.5. The monoisotopic (exact) mass is 417 g/mol. The molecule has 0 radical (unpaired) electrons. The summed E-state index contributed by atoms with van der Waals surface area (Å²) in [4.78, 5) is 18.2. The van der Waals surface area contributed by atoms with Crippen molar-refractivity contribution in [3.05, 3.63) is 23.8 Å². The van der Waals surface area contributed by atoms with Gasteiger partial charge in [-0.2, -0.15) is 0 Å². The van der Waals surface area contributed by atoms with E-state index >= 15 is 0 Å². The zero-order chi connectivity index (χ0) is 21.3. The van der Waals surface area contributed by atoms with Gasteiger partial charge in [0, 0.05) is 12.6 Å². The van der Waals surface area contributed by atoms with Crippen LogP contribution in [-0.4, -0.2) is 61.8 Å². The van der Waals surface area contributed by atoms with Gasteiger partial charge in [0.1, 0.15) is 0 Å². The first-order valence-corrected chi connectivity index (χ1v) is 10.6. The van der Waals surface area contributed by atoms with Crippen molar-refractivity contribution in [1.29, 1.82) is 0 Å². The van der Waals surface area contributed by atoms with E-state index < -0.39 is 21.8 Å². The summed E-state index contributed by atoms with van der Waals surface area (Å²) in [6, 6.07) is 5.87. The van der Waals surface area contributed by atoms with Crippen molar-refractivity contribution in [2.45, 2.75) is 32.9 Å². The third-order valence-corrected chi connectivity index (χ3v) is 5.58. The molecule has 1 aromatic rings. The minimum Gasteiger partial charge on any atom is -0.493 e. The fourth-order valence-corrected chi connectivity index (χ4v) is 4.12. The summed E-state index contributed by atoms with van der Waals surface area (Å²) in [5.41, 5.74) is 1.05. The van der Waals surface area contributed by atoms with E-state index in [9.17, 15) is 8.42 Å². The SMILES string of the molecule is COc1cc(CNC2CCS(=O)(=O)C2)ccc1OCC(C)C.O=C(O)C(=O)O. The lowest BCUT2D eigenvalue weighted by molar-refractivity contribution is -0.159. The number of rotatable bonds is 7. The lowest BCUT2D eigenvalue weighted by Crippen LogP contribution is -2.29. The maximum absolute atomic E-state index is 11.4. The molecule has 10 heteroatoms. The Morgan fingerprint density at radius 3 is 2.32 bits per heavy atom. The summed E-state index contributed by atoms with van der Waals surface area (Å²) in [5, 5.41) is 18.1. The van der Waals surface area contributed by atoms with E-state index in [1.165, 1.54) is 0 Å². The first kappa shape index (κ1) is 23.7. The molecule has 1 aliphatic heterocycles. The van der Waals surface area contributed by atoms with E-state index in [0.717, 1.165) is 11.3 Å². The van der Waals surface area contributed by atoms with Crippen molar-refractivity contribution in [1.82, 2.24) is 5.32 Å². The molecule has 28 heavy (non-hydrogen) atoms. The van der Waals surface area contributed by atoms with Gasteiger partial charge in [-0.1, -0.05) is 19.9 Å². The molecule has 1 aliphatic rings. The largest absolute Gasteiger partial charge is 0.493 e. The average molecular weight is 417 g/mol. The van der Waals surface area contributed by atoms with E-state index in [0.29, 0.717) is 31.2 Å². The van der Waals surface area contributed by atoms with Gasteiger partial charge in [-0.15, -0.1) is 0 Å². The number of benzene rings is 1. The van der Waals surface area contributed by atoms with E-state index in [4.69, 9.17) is 29.3 Å². The minimum absolute atomic E-state index is 0.0489. The lowest BCUT2D eigenvalue weighted by atomic mass is 10.1. The number of carboxylic acids is 2. The highest BCUT2D eigenvalue weighted by atomic mass is 32.2. The van der Waals surface area contributed by atoms with Crippen molar-refractivity contribution in [2.24, 2.45) is 5.92 Å². The number of sulfone groups is 1. The summed E-state index contributed by atoms with van der Waals surface area (Å²) in [6.07, 6.45) is 0.690. The van der Waals surface area contributed by atoms with Crippen LogP contribution in [0.4, 0.5) is 0 Å². The minimum atomic E-state index is -2.84. The molecule has 1 aromatic carbocycles. The standard InChI is InChI=1S/C16H25NO4S.C2H2O4/c1-12(2)10-21-15-5-4-13(8-16(15)20-3)9-17-14-6-7-22(18,19)11-14;3-1(4)2(5)6/h4-5,8,12,14,17H,6-7,9-11H2,1-3H3;(H,3,4)(H,5,6). The quantitative estimate of drug-likeness (QED) is 0.558. The van der Waals surface area contributed by atoms with Crippen LogP contribution in [0.3, 0.4) is 0 Å². The molecule has 158 valence electrons. The summed E-state index contributed by atoms with van der Waals surface area (Å²) < 4.78 is 34.0. The Morgan fingerprint density at radius 2 is 1.86 bits per heavy atom. The van der Waals surface area contributed by atoms with Gasteiger partial charge in [0.05, 0.1) is 25.2 Å². The van der Waals surface area contributed by atoms with Gasteiger partial charge in [-0.25, -0.2) is 18.0 Å². The molecule has 0 aliphatic carbocycles. The fourth-order valence-electron chi connectivity index (χ4n) is 2.42. The number of nitrogens with one attached hydrogen (secondary N) is 1. The molecule has 1 fully saturated rings. The van der Waals surface area contributed by atoms with Gasteiger partial charge in [0.25, 0.3) is 0 Å². The predicted molar refractivity (Wildman–Crippen MR) is 102 cm³/mol. The molecule has 0 amide bonds. The molecule has 9 nitrogen and oxygen atoms in total. The molecule has 1 unspecified atom stereocenters. The van der Waals surface area contributed by atoms with Crippen molar-refractivity contribution >= 4 is 21.8 Å². The van der Waals surface area contributed by atoms with Gasteiger partial charge in [-0.3, -0.25) is 0 Å². The van der Waals surface area contributed by atoms with E-state index in [1.54, 1.807) is 7.11 Å². The molecular formula is C18H27NO8S. The molecule has 0 spiro atoms. The molecule has 0 aromatic heterocycles. The maximum Gasteiger partial charge on any atom is 0.414 e. The summed E-state index contributed by atoms with van der Waals surface area (Å²) in [5.74, 6) is -1.22. The van der Waals surface area contributed by atoms with Crippen LogP contribution < -0.4 is 14.8 Å². The number of aliphatic carboxylic acids is 2. The molecule has 0 saturated carbocycles. The van der Waals surface area contributed by atoms with Crippen LogP contribution in [-0.2, 0) is 26.0 Å². The van der Waals surface area contributed by atoms with E-state index in [1.807, 2.05) is 18.2 Å². The number of methoxy groups -OCH3 is 1. The third kappa shape index (κ3) is 8.57. The Labute approximate surface area is 164 Å². The van der Waals surface area contributed by atoms with Gasteiger partial charge < -0.3 is 25.0 Å². The summed E-state index contributed by atoms with van der Waals surface area (Å²) in [7, 11) is -1.22. The number of hydrogen-bond donors (Lipinski definition) is 3. The van der Waals surface area contributed by atoms with Gasteiger partial charge >= 0.3 is 11.9 Å². The second-order valence-electron chi connectivity index (χ2n) is 6.78. The first-order valence-electron chi connectivity index (χ1n) is 8.73. The Bertz CT molecular complexity index is 764. The van der Waals surface area contributed by atoms with Crippen molar-refractivity contribution in [3.63, 3.8) is 0 Å². The molecule has 3 N–H and O–H groups in total. The van der Waals surface area contributed by atoms with Crippen LogP contribution in [0.25, 0.3) is 0 Å². The Morgan fingerprint density at radius 1 is 1.21 bits per heavy atom. The molecule has 1 heterocycles. The van der Waals surface area contributed by atoms with E-state index in [2.05, 4.69) is 19.2 Å². The van der Waals surface area contributed by atoms with Gasteiger partial charge in [0.2, 0.25) is 0 Å². The summed E-state index contributed by atoms with van der Waals surface area (Å²) >= 11 is 0. The fraction of sp³-hybridized carbons (Fsp3) is 0.556. The van der Waals surface area contributed by atoms with Crippen LogP contribution in [0.15, 0.2) is 18.2 Å². The van der Waals surface area contributed by atoms with Crippen LogP contribution >= 0.6 is 0 Å². The third-order valence-electron chi connectivity index (χ3n) is 3.81. The first-order chi connectivity index (χ1) is 13.0. The van der Waals surface area contributed by atoms with Crippen LogP contribution in [0, 0.1) is 5.92 Å². The van der Waals surface area contributed by atoms with Crippen molar-refractivity contribution < 1.29 is 37.7 Å². The molecule has 2 rings (SSSR count). The molecule has 0 bridgehead atoms. The molecule has 1 saturated heterocycles. The van der Waals surface area contributed by atoms with Crippen LogP contribution in [0.2, 0.25) is 0 Å². The second kappa shape index (κ2) is 10.9. The highest BCUT2D eigenvalue weighted by Gasteiger charge is 2.27. The topological polar surface area (TPSA) is 139 Å². The van der Waals surface area contributed by atoms with E-state index in [-0.39, 0.29) is 17.5 Å². The average Bonchev–Trinajstić information content (AvgIpc) is 2.97. The Kier molecular flexibility index (Phi) is 9.20. The summed E-state index contributed by atoms with van der Waals surface area (Å²) in [6.45, 7) is 5.47. The van der Waals surface area contributed by atoms with Gasteiger partial charge in [-0.05, 0) is 30.0 Å². The number of carboxylic acid groups (broad SMARTS) is 2. The van der Waals surface area contributed by atoms with Crippen LogP contribution in [0.5, 0.6) is 11.5 Å². The van der Waals surface area contributed by atoms with Crippen LogP contribution in [0.1, 0.15) is 25.8 Å². The number of ether oxygens (including phenoxy) is 2. The highest BCUT2D eigenvalue weighted by molar-refractivity contribution is 7.91. The Hall–Kier alpha value is -2.33. The molecular weight excluding hydrogens is 390 g/mol. The Balaban J connectivity index is 0.000000568. The van der Waals surface area contributed by atoms with Gasteiger partial charge in [0.15, 0.2) is 21.3 Å². The predicted octanol–water partition coefficient (Wildman–Crippen LogP) is 1.16. The van der Waals surface area contributed by atoms with Crippen molar-refractivity contribution in [3.8, 4) is 11.5 Å². The second-order valence-corrected chi connectivity index (χ2v) is 9.01.